The molecular formula is C20H33N5O5. The van der Waals surface area contributed by atoms with E-state index < -0.39 is 30.1 Å². The number of nitrogens with two attached hydrogens (primary N) is 3. The number of H-pyrrole nitrogens is 1. The minimum atomic E-state index is -1.01. The Kier molecular flexibility index (Phi) is 13.5. The van der Waals surface area contributed by atoms with E-state index in [2.05, 4.69) is 9.97 Å². The number of aromatic amines is 1. The fraction of sp³-hybridized carbons (Fsp3) is 0.450. The molecule has 10 N–H and O–H groups in total. The van der Waals surface area contributed by atoms with Crippen LogP contribution in [0.3, 0.4) is 0 Å². The molecule has 30 heavy (non-hydrogen) atoms. The maximum atomic E-state index is 10.3. The number of rotatable bonds is 8. The van der Waals surface area contributed by atoms with Crippen LogP contribution in [0.25, 0.3) is 0 Å². The van der Waals surface area contributed by atoms with Gasteiger partial charge in [0, 0.05) is 30.0 Å². The third-order valence-corrected chi connectivity index (χ3v) is 3.73. The molecule has 10 nitrogen and oxygen atoms in total. The van der Waals surface area contributed by atoms with E-state index in [4.69, 9.17) is 27.4 Å². The van der Waals surface area contributed by atoms with Crippen LogP contribution in [-0.4, -0.2) is 55.4 Å². The fourth-order valence-corrected chi connectivity index (χ4v) is 2.21. The number of aliphatic carboxylic acids is 2. The topological polar surface area (TPSA) is 202 Å². The third-order valence-electron chi connectivity index (χ3n) is 3.73. The SMILES string of the molecule is CC(C)C[C@H](N)[C@@H](O)CC(=O)O.N[C@@H](Cc1cnc[nH]1)C(=O)O.Nc1ccccc1. The number of carboxylic acid groups (broad SMARTS) is 2. The first-order valence-corrected chi connectivity index (χ1v) is 9.44. The predicted octanol–water partition coefficient (Wildman–Crippen LogP) is 0.828. The minimum Gasteiger partial charge on any atom is -0.481 e. The highest BCUT2D eigenvalue weighted by atomic mass is 16.4. The first-order chi connectivity index (χ1) is 14.0. The molecular weight excluding hydrogens is 390 g/mol. The van der Waals surface area contributed by atoms with Gasteiger partial charge in [-0.05, 0) is 24.5 Å². The number of carboxylic acids is 2. The van der Waals surface area contributed by atoms with Gasteiger partial charge < -0.3 is 37.5 Å². The summed E-state index contributed by atoms with van der Waals surface area (Å²) in [6.07, 6.45) is 2.79. The van der Waals surface area contributed by atoms with Crippen molar-refractivity contribution in [2.45, 2.75) is 51.3 Å². The molecule has 10 heteroatoms. The molecule has 0 saturated carbocycles. The Morgan fingerprint density at radius 3 is 2.10 bits per heavy atom. The largest absolute Gasteiger partial charge is 0.481 e. The number of hydrogen-bond acceptors (Lipinski definition) is 7. The quantitative estimate of drug-likeness (QED) is 0.300. The highest BCUT2D eigenvalue weighted by Gasteiger charge is 2.18. The van der Waals surface area contributed by atoms with Crippen molar-refractivity contribution in [1.82, 2.24) is 9.97 Å². The van der Waals surface area contributed by atoms with E-state index in [9.17, 15) is 14.7 Å². The second kappa shape index (κ2) is 15.0. The number of aliphatic hydroxyl groups excluding tert-OH is 1. The number of hydrogen-bond donors (Lipinski definition) is 7. The van der Waals surface area contributed by atoms with Gasteiger partial charge >= 0.3 is 11.9 Å². The average Bonchev–Trinajstić information content (AvgIpc) is 3.15. The zero-order chi connectivity index (χ0) is 23.1. The molecule has 0 amide bonds. The van der Waals surface area contributed by atoms with Crippen molar-refractivity contribution >= 4 is 17.6 Å². The van der Waals surface area contributed by atoms with Crippen molar-refractivity contribution in [2.24, 2.45) is 17.4 Å². The first kappa shape index (κ1) is 27.0. The Morgan fingerprint density at radius 2 is 1.73 bits per heavy atom. The van der Waals surface area contributed by atoms with Gasteiger partial charge in [0.25, 0.3) is 0 Å². The van der Waals surface area contributed by atoms with Gasteiger partial charge in [0.2, 0.25) is 0 Å². The van der Waals surface area contributed by atoms with E-state index in [0.29, 0.717) is 12.3 Å². The van der Waals surface area contributed by atoms with Crippen LogP contribution in [0.2, 0.25) is 0 Å². The summed E-state index contributed by atoms with van der Waals surface area (Å²) in [5.41, 5.74) is 17.7. The van der Waals surface area contributed by atoms with Gasteiger partial charge in [0.1, 0.15) is 6.04 Å². The second-order valence-corrected chi connectivity index (χ2v) is 7.09. The van der Waals surface area contributed by atoms with Crippen LogP contribution in [0.1, 0.15) is 32.4 Å². The van der Waals surface area contributed by atoms with Crippen molar-refractivity contribution in [3.8, 4) is 0 Å². The van der Waals surface area contributed by atoms with E-state index in [1.165, 1.54) is 6.33 Å². The zero-order valence-electron chi connectivity index (χ0n) is 17.3. The predicted molar refractivity (Wildman–Crippen MR) is 114 cm³/mol. The van der Waals surface area contributed by atoms with E-state index in [0.717, 1.165) is 11.4 Å². The summed E-state index contributed by atoms with van der Waals surface area (Å²) >= 11 is 0. The number of nitrogen functional groups attached to an aromatic ring is 1. The second-order valence-electron chi connectivity index (χ2n) is 7.09. The average molecular weight is 424 g/mol. The Balaban J connectivity index is 0.000000433. The van der Waals surface area contributed by atoms with Crippen molar-refractivity contribution in [3.63, 3.8) is 0 Å². The number of benzene rings is 1. The monoisotopic (exact) mass is 423 g/mol. The molecule has 0 saturated heterocycles. The molecule has 0 radical (unpaired) electrons. The van der Waals surface area contributed by atoms with Gasteiger partial charge in [0.15, 0.2) is 0 Å². The molecule has 3 atom stereocenters. The van der Waals surface area contributed by atoms with E-state index in [1.807, 2.05) is 44.2 Å². The van der Waals surface area contributed by atoms with Crippen LogP contribution in [0.15, 0.2) is 42.9 Å². The summed E-state index contributed by atoms with van der Waals surface area (Å²) in [5.74, 6) is -1.63. The maximum Gasteiger partial charge on any atom is 0.320 e. The Morgan fingerprint density at radius 1 is 1.13 bits per heavy atom. The number of aromatic nitrogens is 2. The Bertz CT molecular complexity index is 710. The summed E-state index contributed by atoms with van der Waals surface area (Å²) in [4.78, 5) is 26.9. The highest BCUT2D eigenvalue weighted by molar-refractivity contribution is 5.73. The number of nitrogens with zero attached hydrogens (tertiary/aromatic N) is 1. The lowest BCUT2D eigenvalue weighted by atomic mass is 9.98. The van der Waals surface area contributed by atoms with Crippen molar-refractivity contribution < 1.29 is 24.9 Å². The molecule has 1 heterocycles. The summed E-state index contributed by atoms with van der Waals surface area (Å²) in [6, 6.07) is 8.21. The Labute approximate surface area is 176 Å². The number of anilines is 1. The molecule has 0 aliphatic heterocycles. The molecule has 168 valence electrons. The molecule has 1 aromatic carbocycles. The smallest absolute Gasteiger partial charge is 0.320 e. The van der Waals surface area contributed by atoms with Crippen LogP contribution in [0, 0.1) is 5.92 Å². The van der Waals surface area contributed by atoms with Crippen molar-refractivity contribution in [1.29, 1.82) is 0 Å². The normalized spacial score (nSPS) is 13.1. The van der Waals surface area contributed by atoms with Crippen LogP contribution in [0.5, 0.6) is 0 Å². The lowest BCUT2D eigenvalue weighted by Crippen LogP contribution is -2.37. The lowest BCUT2D eigenvalue weighted by Gasteiger charge is -2.18. The summed E-state index contributed by atoms with van der Waals surface area (Å²) in [5, 5.41) is 26.0. The lowest BCUT2D eigenvalue weighted by molar-refractivity contribution is -0.140. The number of imidazole rings is 1. The number of para-hydroxylation sites is 1. The molecule has 0 bridgehead atoms. The summed E-state index contributed by atoms with van der Waals surface area (Å²) in [7, 11) is 0. The zero-order valence-corrected chi connectivity index (χ0v) is 17.3. The molecule has 2 rings (SSSR count). The van der Waals surface area contributed by atoms with Gasteiger partial charge in [-0.15, -0.1) is 0 Å². The molecule has 0 aliphatic carbocycles. The van der Waals surface area contributed by atoms with Crippen molar-refractivity contribution in [3.05, 3.63) is 48.5 Å². The van der Waals surface area contributed by atoms with Gasteiger partial charge in [-0.2, -0.15) is 0 Å². The molecule has 0 aliphatic rings. The Hall–Kier alpha value is -2.95. The highest BCUT2D eigenvalue weighted by Crippen LogP contribution is 2.08. The van der Waals surface area contributed by atoms with Crippen LogP contribution < -0.4 is 17.2 Å². The summed E-state index contributed by atoms with van der Waals surface area (Å²) < 4.78 is 0. The van der Waals surface area contributed by atoms with Crippen LogP contribution in [0.4, 0.5) is 5.69 Å². The third kappa shape index (κ3) is 14.1. The molecule has 0 unspecified atom stereocenters. The van der Waals surface area contributed by atoms with Crippen molar-refractivity contribution in [2.75, 3.05) is 5.73 Å². The van der Waals surface area contributed by atoms with Crippen LogP contribution >= 0.6 is 0 Å². The van der Waals surface area contributed by atoms with E-state index in [1.54, 1.807) is 6.20 Å². The van der Waals surface area contributed by atoms with Gasteiger partial charge in [0.05, 0.1) is 18.9 Å². The maximum absolute atomic E-state index is 10.3. The number of aliphatic hydroxyl groups is 1. The van der Waals surface area contributed by atoms with E-state index >= 15 is 0 Å². The van der Waals surface area contributed by atoms with Crippen LogP contribution in [-0.2, 0) is 16.0 Å². The molecule has 0 fully saturated rings. The standard InChI is InChI=1S/C8H17NO3.C6H9N3O2.C6H7N/c1-5(2)3-6(9)7(10)4-8(11)12;7-5(6(10)11)1-4-2-8-3-9-4;7-6-4-2-1-3-5-6/h5-7,10H,3-4,9H2,1-2H3,(H,11,12);2-3,5H,1,7H2,(H,8,9)(H,10,11);1-5H,7H2/t6-,7-;5-;/m00./s1. The molecule has 2 aromatic rings. The molecule has 1 aromatic heterocycles. The number of nitrogens with one attached hydrogen (secondary N) is 1. The van der Waals surface area contributed by atoms with E-state index in [-0.39, 0.29) is 12.8 Å². The van der Waals surface area contributed by atoms with Gasteiger partial charge in [-0.3, -0.25) is 9.59 Å². The van der Waals surface area contributed by atoms with Gasteiger partial charge in [-0.1, -0.05) is 32.0 Å². The first-order valence-electron chi connectivity index (χ1n) is 9.44. The number of carbonyl (C=O) groups is 2. The summed E-state index contributed by atoms with van der Waals surface area (Å²) in [6.45, 7) is 3.96. The van der Waals surface area contributed by atoms with Gasteiger partial charge in [-0.25, -0.2) is 4.98 Å². The fourth-order valence-electron chi connectivity index (χ4n) is 2.21. The molecule has 0 spiro atoms. The minimum absolute atomic E-state index is 0.270.